The smallest absolute Gasteiger partial charge is 0.251 e. The van der Waals surface area contributed by atoms with Crippen molar-refractivity contribution >= 4 is 41.9 Å². The molecular weight excluding hydrogens is 486 g/mol. The Morgan fingerprint density at radius 3 is 2.57 bits per heavy atom. The average molecular weight is 520 g/mol. The zero-order chi connectivity index (χ0) is 25.5. The van der Waals surface area contributed by atoms with Gasteiger partial charge < -0.3 is 21.1 Å². The molecule has 1 aromatic carbocycles. The molecular formula is C27H33N7O2S. The Hall–Kier alpha value is -3.76. The molecule has 10 heteroatoms. The minimum absolute atomic E-state index is 0. The van der Waals surface area contributed by atoms with Crippen LogP contribution < -0.4 is 16.0 Å². The lowest BCUT2D eigenvalue weighted by molar-refractivity contribution is 0.0964. The van der Waals surface area contributed by atoms with Crippen molar-refractivity contribution in [2.75, 3.05) is 30.8 Å². The van der Waals surface area contributed by atoms with Crippen LogP contribution in [-0.4, -0.2) is 57.2 Å². The number of nitrogens with zero attached hydrogens (tertiary/aromatic N) is 4. The first kappa shape index (κ1) is 27.8. The maximum absolute atomic E-state index is 12.3. The topological polar surface area (TPSA) is 125 Å². The molecule has 194 valence electrons. The number of aromatic nitrogens is 4. The maximum atomic E-state index is 12.3. The van der Waals surface area contributed by atoms with Crippen LogP contribution in [0.15, 0.2) is 61.2 Å². The van der Waals surface area contributed by atoms with E-state index in [-0.39, 0.29) is 31.4 Å². The Bertz CT molecular complexity index is 1330. The molecule has 9 nitrogen and oxygen atoms in total. The minimum atomic E-state index is -0.344. The maximum Gasteiger partial charge on any atom is 0.251 e. The molecule has 3 heterocycles. The van der Waals surface area contributed by atoms with Crippen molar-refractivity contribution in [3.63, 3.8) is 0 Å². The minimum Gasteiger partial charge on any atom is -0.393 e. The number of benzene rings is 1. The van der Waals surface area contributed by atoms with Crippen LogP contribution in [0.5, 0.6) is 0 Å². The molecule has 0 fully saturated rings. The van der Waals surface area contributed by atoms with E-state index in [2.05, 4.69) is 42.8 Å². The predicted molar refractivity (Wildman–Crippen MR) is 152 cm³/mol. The summed E-state index contributed by atoms with van der Waals surface area (Å²) in [7, 11) is 1.63. The Balaban J connectivity index is 0.00000380. The number of aliphatic hydroxyl groups is 1. The van der Waals surface area contributed by atoms with Crippen molar-refractivity contribution in [1.29, 1.82) is 0 Å². The number of para-hydroxylation sites is 1. The van der Waals surface area contributed by atoms with Gasteiger partial charge in [0.25, 0.3) is 5.91 Å². The highest BCUT2D eigenvalue weighted by molar-refractivity contribution is 7.59. The lowest BCUT2D eigenvalue weighted by Crippen LogP contribution is -2.18. The van der Waals surface area contributed by atoms with Gasteiger partial charge in [-0.15, -0.1) is 0 Å². The average Bonchev–Trinajstić information content (AvgIpc) is 2.91. The van der Waals surface area contributed by atoms with Gasteiger partial charge in [-0.05, 0) is 37.1 Å². The van der Waals surface area contributed by atoms with Gasteiger partial charge in [-0.3, -0.25) is 9.78 Å². The van der Waals surface area contributed by atoms with Crippen molar-refractivity contribution in [2.24, 2.45) is 0 Å². The Morgan fingerprint density at radius 2 is 1.84 bits per heavy atom. The van der Waals surface area contributed by atoms with Crippen molar-refractivity contribution in [3.8, 4) is 11.3 Å². The zero-order valence-corrected chi connectivity index (χ0v) is 22.2. The van der Waals surface area contributed by atoms with E-state index in [1.54, 1.807) is 32.4 Å². The molecule has 37 heavy (non-hydrogen) atoms. The van der Waals surface area contributed by atoms with Crippen LogP contribution in [0.4, 0.5) is 11.6 Å². The molecule has 4 rings (SSSR count). The summed E-state index contributed by atoms with van der Waals surface area (Å²) in [5, 5.41) is 19.5. The van der Waals surface area contributed by atoms with Gasteiger partial charge >= 0.3 is 0 Å². The highest BCUT2D eigenvalue weighted by Gasteiger charge is 2.15. The summed E-state index contributed by atoms with van der Waals surface area (Å²) in [4.78, 5) is 30.0. The molecule has 1 unspecified atom stereocenters. The quantitative estimate of drug-likeness (QED) is 0.248. The zero-order valence-electron chi connectivity index (χ0n) is 21.2. The molecule has 4 N–H and O–H groups in total. The van der Waals surface area contributed by atoms with Crippen molar-refractivity contribution in [2.45, 2.75) is 32.3 Å². The van der Waals surface area contributed by atoms with Gasteiger partial charge in [0.05, 0.1) is 22.9 Å². The second kappa shape index (κ2) is 13.0. The Kier molecular flexibility index (Phi) is 9.76. The molecule has 0 bridgehead atoms. The molecule has 0 aliphatic carbocycles. The largest absolute Gasteiger partial charge is 0.393 e. The first-order valence-electron chi connectivity index (χ1n) is 12.0. The van der Waals surface area contributed by atoms with Gasteiger partial charge in [0, 0.05) is 55.5 Å². The number of carbonyl (C=O) groups is 1. The van der Waals surface area contributed by atoms with Crippen LogP contribution in [-0.2, 0) is 0 Å². The van der Waals surface area contributed by atoms with Crippen LogP contribution in [0, 0.1) is 0 Å². The summed E-state index contributed by atoms with van der Waals surface area (Å²) in [6.45, 7) is 5.17. The second-order valence-corrected chi connectivity index (χ2v) is 8.75. The number of fused-ring (bicyclic) bond motifs is 1. The molecule has 0 aliphatic heterocycles. The van der Waals surface area contributed by atoms with E-state index in [1.165, 1.54) is 6.33 Å². The van der Waals surface area contributed by atoms with Gasteiger partial charge in [0.15, 0.2) is 0 Å². The normalized spacial score (nSPS) is 12.3. The highest BCUT2D eigenvalue weighted by Crippen LogP contribution is 2.27. The fourth-order valence-corrected chi connectivity index (χ4v) is 3.97. The number of aliphatic hydroxyl groups excluding tert-OH is 1. The van der Waals surface area contributed by atoms with E-state index in [1.807, 2.05) is 36.4 Å². The molecule has 2 atom stereocenters. The van der Waals surface area contributed by atoms with Gasteiger partial charge in [0.2, 0.25) is 0 Å². The number of hydrogen-bond acceptors (Lipinski definition) is 8. The number of rotatable bonds is 10. The molecule has 4 aromatic rings. The standard InChI is InChI=1S/C27H31N7O2.H2S/c1-17(20-5-4-6-21-22(27(36)28-3)10-12-30-26(20)21)14-31-25-13-23(33-16-34-25)19-7-8-24(32-15-19)29-11-9-18(2)35;/h4-8,10,12-13,15-18,35H,9,11,14H2,1-3H3,(H,28,36)(H,29,32)(H,31,33,34);1H2/t17-,18?;/m1./s1. The summed E-state index contributed by atoms with van der Waals surface area (Å²) >= 11 is 0. The van der Waals surface area contributed by atoms with E-state index >= 15 is 0 Å². The first-order valence-corrected chi connectivity index (χ1v) is 12.0. The van der Waals surface area contributed by atoms with Crippen LogP contribution in [0.25, 0.3) is 22.2 Å². The molecule has 0 aliphatic rings. The number of pyridine rings is 2. The number of amides is 1. The fourth-order valence-electron chi connectivity index (χ4n) is 3.97. The van der Waals surface area contributed by atoms with Crippen LogP contribution >= 0.6 is 13.5 Å². The Labute approximate surface area is 223 Å². The predicted octanol–water partition coefficient (Wildman–Crippen LogP) is 3.96. The lowest BCUT2D eigenvalue weighted by Gasteiger charge is -2.16. The van der Waals surface area contributed by atoms with E-state index < -0.39 is 0 Å². The van der Waals surface area contributed by atoms with E-state index in [9.17, 15) is 9.90 Å². The molecule has 3 aromatic heterocycles. The fraction of sp³-hybridized carbons (Fsp3) is 0.296. The van der Waals surface area contributed by atoms with E-state index in [4.69, 9.17) is 0 Å². The van der Waals surface area contributed by atoms with Crippen LogP contribution in [0.1, 0.15) is 42.1 Å². The lowest BCUT2D eigenvalue weighted by atomic mass is 9.96. The highest BCUT2D eigenvalue weighted by atomic mass is 32.1. The second-order valence-electron chi connectivity index (χ2n) is 8.75. The number of carbonyl (C=O) groups excluding carboxylic acids is 1. The summed E-state index contributed by atoms with van der Waals surface area (Å²) in [5.41, 5.74) is 4.15. The molecule has 1 amide bonds. The molecule has 0 saturated heterocycles. The summed E-state index contributed by atoms with van der Waals surface area (Å²) < 4.78 is 0. The van der Waals surface area contributed by atoms with Gasteiger partial charge in [-0.2, -0.15) is 13.5 Å². The SMILES string of the molecule is CNC(=O)c1ccnc2c([C@H](C)CNc3cc(-c4ccc(NCCC(C)O)nc4)ncn3)cccc12.S. The van der Waals surface area contributed by atoms with Crippen LogP contribution in [0.3, 0.4) is 0 Å². The number of hydrogen-bond donors (Lipinski definition) is 4. The third kappa shape index (κ3) is 6.93. The Morgan fingerprint density at radius 1 is 1.00 bits per heavy atom. The summed E-state index contributed by atoms with van der Waals surface area (Å²) in [6.07, 6.45) is 5.29. The van der Waals surface area contributed by atoms with Gasteiger partial charge in [-0.1, -0.05) is 25.1 Å². The summed E-state index contributed by atoms with van der Waals surface area (Å²) in [6, 6.07) is 13.4. The van der Waals surface area contributed by atoms with Crippen LogP contribution in [0.2, 0.25) is 0 Å². The monoisotopic (exact) mass is 519 g/mol. The van der Waals surface area contributed by atoms with Gasteiger partial charge in [0.1, 0.15) is 18.0 Å². The first-order chi connectivity index (χ1) is 17.5. The molecule has 0 spiro atoms. The number of nitrogens with one attached hydrogen (secondary N) is 3. The van der Waals surface area contributed by atoms with Gasteiger partial charge in [-0.25, -0.2) is 15.0 Å². The number of anilines is 2. The van der Waals surface area contributed by atoms with Crippen molar-refractivity contribution < 1.29 is 9.90 Å². The molecule has 0 radical (unpaired) electrons. The van der Waals surface area contributed by atoms with Crippen molar-refractivity contribution in [3.05, 3.63) is 72.3 Å². The van der Waals surface area contributed by atoms with E-state index in [0.717, 1.165) is 33.5 Å². The third-order valence-corrected chi connectivity index (χ3v) is 5.99. The van der Waals surface area contributed by atoms with E-state index in [0.29, 0.717) is 30.9 Å². The van der Waals surface area contributed by atoms with Crippen molar-refractivity contribution in [1.82, 2.24) is 25.3 Å². The third-order valence-electron chi connectivity index (χ3n) is 5.99. The molecule has 0 saturated carbocycles. The summed E-state index contributed by atoms with van der Waals surface area (Å²) in [5.74, 6) is 1.46.